The van der Waals surface area contributed by atoms with Crippen LogP contribution in [0, 0.1) is 5.92 Å². The minimum Gasteiger partial charge on any atom is -0.383 e. The standard InChI is InChI=1S/C20H32N4O2/c1-4-21-20(23-15(2)14-26-3)22-13-16-8-7-11-18(12-16)24-19(25)17-9-5-6-10-17/h7-8,11-12,15,17H,4-6,9-10,13-14H2,1-3H3,(H,24,25)(H2,21,22,23). The number of hydrogen-bond acceptors (Lipinski definition) is 3. The van der Waals surface area contributed by atoms with Crippen LogP contribution in [0.3, 0.4) is 0 Å². The van der Waals surface area contributed by atoms with Crippen LogP contribution in [-0.4, -0.2) is 38.2 Å². The number of ether oxygens (including phenoxy) is 1. The van der Waals surface area contributed by atoms with Crippen LogP contribution >= 0.6 is 0 Å². The van der Waals surface area contributed by atoms with Crippen molar-refractivity contribution in [3.8, 4) is 0 Å². The van der Waals surface area contributed by atoms with E-state index in [1.807, 2.05) is 31.2 Å². The normalized spacial score (nSPS) is 16.3. The molecule has 1 aliphatic rings. The first-order valence-corrected chi connectivity index (χ1v) is 9.56. The number of amides is 1. The fourth-order valence-corrected chi connectivity index (χ4v) is 3.20. The molecule has 0 radical (unpaired) electrons. The van der Waals surface area contributed by atoms with Crippen molar-refractivity contribution in [2.45, 2.75) is 52.1 Å². The number of guanidine groups is 1. The highest BCUT2D eigenvalue weighted by Gasteiger charge is 2.22. The van der Waals surface area contributed by atoms with E-state index in [9.17, 15) is 4.79 Å². The lowest BCUT2D eigenvalue weighted by Crippen LogP contribution is -2.43. The van der Waals surface area contributed by atoms with E-state index in [0.717, 1.165) is 49.4 Å². The average Bonchev–Trinajstić information content (AvgIpc) is 3.15. The molecule has 6 heteroatoms. The summed E-state index contributed by atoms with van der Waals surface area (Å²) in [5, 5.41) is 9.61. The molecule has 6 nitrogen and oxygen atoms in total. The third-order valence-electron chi connectivity index (χ3n) is 4.48. The molecule has 0 spiro atoms. The molecule has 1 amide bonds. The van der Waals surface area contributed by atoms with Crippen molar-refractivity contribution in [1.82, 2.24) is 10.6 Å². The van der Waals surface area contributed by atoms with Gasteiger partial charge in [-0.1, -0.05) is 25.0 Å². The van der Waals surface area contributed by atoms with Gasteiger partial charge >= 0.3 is 0 Å². The Morgan fingerprint density at radius 3 is 2.81 bits per heavy atom. The molecule has 144 valence electrons. The lowest BCUT2D eigenvalue weighted by molar-refractivity contribution is -0.119. The Hall–Kier alpha value is -2.08. The van der Waals surface area contributed by atoms with Gasteiger partial charge in [0.15, 0.2) is 5.96 Å². The van der Waals surface area contributed by atoms with Gasteiger partial charge in [-0.3, -0.25) is 4.79 Å². The molecule has 1 fully saturated rings. The fourth-order valence-electron chi connectivity index (χ4n) is 3.20. The number of carbonyl (C=O) groups is 1. The molecule has 1 aromatic carbocycles. The van der Waals surface area contributed by atoms with Crippen molar-refractivity contribution in [1.29, 1.82) is 0 Å². The second-order valence-electron chi connectivity index (χ2n) is 6.87. The second kappa shape index (κ2) is 10.8. The first-order chi connectivity index (χ1) is 12.6. The number of nitrogens with one attached hydrogen (secondary N) is 3. The highest BCUT2D eigenvalue weighted by atomic mass is 16.5. The minimum atomic E-state index is 0.145. The zero-order valence-electron chi connectivity index (χ0n) is 16.2. The number of methoxy groups -OCH3 is 1. The maximum absolute atomic E-state index is 12.3. The van der Waals surface area contributed by atoms with Gasteiger partial charge in [0.25, 0.3) is 0 Å². The highest BCUT2D eigenvalue weighted by Crippen LogP contribution is 2.26. The first-order valence-electron chi connectivity index (χ1n) is 9.56. The Kier molecular flexibility index (Phi) is 8.41. The number of hydrogen-bond donors (Lipinski definition) is 3. The van der Waals surface area contributed by atoms with Gasteiger partial charge < -0.3 is 20.7 Å². The van der Waals surface area contributed by atoms with E-state index in [1.165, 1.54) is 0 Å². The predicted molar refractivity (Wildman–Crippen MR) is 106 cm³/mol. The van der Waals surface area contributed by atoms with Gasteiger partial charge in [0.1, 0.15) is 0 Å². The van der Waals surface area contributed by atoms with Gasteiger partial charge in [0, 0.05) is 31.3 Å². The van der Waals surface area contributed by atoms with Crippen molar-refractivity contribution < 1.29 is 9.53 Å². The molecular formula is C20H32N4O2. The second-order valence-corrected chi connectivity index (χ2v) is 6.87. The van der Waals surface area contributed by atoms with E-state index in [4.69, 9.17) is 4.74 Å². The summed E-state index contributed by atoms with van der Waals surface area (Å²) in [5.41, 5.74) is 1.91. The predicted octanol–water partition coefficient (Wildman–Crippen LogP) is 2.91. The SMILES string of the molecule is CCNC(=NCc1cccc(NC(=O)C2CCCC2)c1)NC(C)COC. The summed E-state index contributed by atoms with van der Waals surface area (Å²) in [5.74, 6) is 1.08. The summed E-state index contributed by atoms with van der Waals surface area (Å²) in [6, 6.07) is 8.09. The number of benzene rings is 1. The Balaban J connectivity index is 1.95. The molecule has 0 heterocycles. The molecule has 26 heavy (non-hydrogen) atoms. The van der Waals surface area contributed by atoms with Crippen LogP contribution in [0.1, 0.15) is 45.1 Å². The molecule has 0 saturated heterocycles. The summed E-state index contributed by atoms with van der Waals surface area (Å²) >= 11 is 0. The smallest absolute Gasteiger partial charge is 0.227 e. The number of nitrogens with zero attached hydrogens (tertiary/aromatic N) is 1. The maximum atomic E-state index is 12.3. The third kappa shape index (κ3) is 6.67. The van der Waals surface area contributed by atoms with Gasteiger partial charge in [-0.2, -0.15) is 0 Å². The van der Waals surface area contributed by atoms with Gasteiger partial charge in [-0.05, 0) is 44.4 Å². The van der Waals surface area contributed by atoms with E-state index in [0.29, 0.717) is 13.2 Å². The van der Waals surface area contributed by atoms with Crippen LogP contribution in [0.25, 0.3) is 0 Å². The lowest BCUT2D eigenvalue weighted by atomic mass is 10.1. The molecule has 3 N–H and O–H groups in total. The summed E-state index contributed by atoms with van der Waals surface area (Å²) < 4.78 is 5.15. The van der Waals surface area contributed by atoms with Crippen molar-refractivity contribution in [2.24, 2.45) is 10.9 Å². The largest absolute Gasteiger partial charge is 0.383 e. The minimum absolute atomic E-state index is 0.145. The molecule has 1 saturated carbocycles. The molecule has 0 aromatic heterocycles. The molecule has 1 aromatic rings. The quantitative estimate of drug-likeness (QED) is 0.492. The number of aliphatic imine (C=N–C) groups is 1. The van der Waals surface area contributed by atoms with E-state index in [2.05, 4.69) is 27.9 Å². The summed E-state index contributed by atoms with van der Waals surface area (Å²) in [6.45, 7) is 6.05. The third-order valence-corrected chi connectivity index (χ3v) is 4.48. The summed E-state index contributed by atoms with van der Waals surface area (Å²) in [4.78, 5) is 16.9. The monoisotopic (exact) mass is 360 g/mol. The first kappa shape index (κ1) is 20.2. The number of anilines is 1. The van der Waals surface area contributed by atoms with E-state index in [-0.39, 0.29) is 17.9 Å². The zero-order chi connectivity index (χ0) is 18.8. The highest BCUT2D eigenvalue weighted by molar-refractivity contribution is 5.92. The fraction of sp³-hybridized carbons (Fsp3) is 0.600. The Labute approximate surface area is 156 Å². The van der Waals surface area contributed by atoms with Gasteiger partial charge in [0.05, 0.1) is 13.2 Å². The van der Waals surface area contributed by atoms with Crippen LogP contribution in [0.4, 0.5) is 5.69 Å². The van der Waals surface area contributed by atoms with Crippen LogP contribution in [0.15, 0.2) is 29.3 Å². The van der Waals surface area contributed by atoms with Crippen LogP contribution < -0.4 is 16.0 Å². The Morgan fingerprint density at radius 2 is 2.12 bits per heavy atom. The molecule has 0 bridgehead atoms. The van der Waals surface area contributed by atoms with Crippen LogP contribution in [-0.2, 0) is 16.1 Å². The maximum Gasteiger partial charge on any atom is 0.227 e. The zero-order valence-corrected chi connectivity index (χ0v) is 16.2. The Morgan fingerprint density at radius 1 is 1.35 bits per heavy atom. The van der Waals surface area contributed by atoms with Crippen molar-refractivity contribution in [2.75, 3.05) is 25.6 Å². The lowest BCUT2D eigenvalue weighted by Gasteiger charge is -2.17. The summed E-state index contributed by atoms with van der Waals surface area (Å²) in [7, 11) is 1.69. The molecular weight excluding hydrogens is 328 g/mol. The molecule has 1 aliphatic carbocycles. The van der Waals surface area contributed by atoms with Gasteiger partial charge in [-0.25, -0.2) is 4.99 Å². The van der Waals surface area contributed by atoms with E-state index < -0.39 is 0 Å². The topological polar surface area (TPSA) is 74.8 Å². The molecule has 1 atom stereocenters. The van der Waals surface area contributed by atoms with Gasteiger partial charge in [0.2, 0.25) is 5.91 Å². The van der Waals surface area contributed by atoms with E-state index in [1.54, 1.807) is 7.11 Å². The molecule has 1 unspecified atom stereocenters. The van der Waals surface area contributed by atoms with Crippen molar-refractivity contribution in [3.63, 3.8) is 0 Å². The van der Waals surface area contributed by atoms with Crippen molar-refractivity contribution in [3.05, 3.63) is 29.8 Å². The van der Waals surface area contributed by atoms with Gasteiger partial charge in [-0.15, -0.1) is 0 Å². The number of rotatable bonds is 8. The summed E-state index contributed by atoms with van der Waals surface area (Å²) in [6.07, 6.45) is 4.34. The molecule has 0 aliphatic heterocycles. The molecule has 2 rings (SSSR count). The van der Waals surface area contributed by atoms with Crippen LogP contribution in [0.2, 0.25) is 0 Å². The van der Waals surface area contributed by atoms with Crippen LogP contribution in [0.5, 0.6) is 0 Å². The number of carbonyl (C=O) groups excluding carboxylic acids is 1. The van der Waals surface area contributed by atoms with Crippen molar-refractivity contribution >= 4 is 17.6 Å². The Bertz CT molecular complexity index is 597. The van der Waals surface area contributed by atoms with E-state index >= 15 is 0 Å². The average molecular weight is 361 g/mol.